The molecule has 4 amide bonds. The summed E-state index contributed by atoms with van der Waals surface area (Å²) in [5.74, 6) is -1.66. The van der Waals surface area contributed by atoms with E-state index < -0.39 is 23.8 Å². The van der Waals surface area contributed by atoms with Gasteiger partial charge in [-0.3, -0.25) is 24.1 Å². The second-order valence-electron chi connectivity index (χ2n) is 6.96. The molecule has 2 aromatic carbocycles. The third-order valence-corrected chi connectivity index (χ3v) is 5.29. The van der Waals surface area contributed by atoms with Crippen LogP contribution in [0.3, 0.4) is 0 Å². The molecule has 1 N–H and O–H groups in total. The number of amides is 4. The zero-order chi connectivity index (χ0) is 21.8. The lowest BCUT2D eigenvalue weighted by atomic mass is 10.1. The Hall–Kier alpha value is -3.48. The molecule has 30 heavy (non-hydrogen) atoms. The van der Waals surface area contributed by atoms with Crippen molar-refractivity contribution in [1.82, 2.24) is 9.80 Å². The minimum atomic E-state index is -0.978. The second-order valence-corrected chi connectivity index (χ2v) is 6.96. The second kappa shape index (κ2) is 8.90. The maximum absolute atomic E-state index is 13.1. The van der Waals surface area contributed by atoms with E-state index in [2.05, 4.69) is 5.32 Å². The Morgan fingerprint density at radius 3 is 1.97 bits per heavy atom. The van der Waals surface area contributed by atoms with Crippen LogP contribution in [0.5, 0.6) is 0 Å². The van der Waals surface area contributed by atoms with Crippen molar-refractivity contribution >= 4 is 29.3 Å². The van der Waals surface area contributed by atoms with Gasteiger partial charge in [-0.25, -0.2) is 0 Å². The fraction of sp³-hybridized carbons (Fsp3) is 0.304. The molecule has 0 unspecified atom stereocenters. The largest absolute Gasteiger partial charge is 0.339 e. The average molecular weight is 407 g/mol. The van der Waals surface area contributed by atoms with E-state index in [1.807, 2.05) is 13.8 Å². The molecule has 2 aromatic rings. The van der Waals surface area contributed by atoms with Crippen LogP contribution in [-0.2, 0) is 4.79 Å². The number of rotatable bonds is 7. The standard InChI is InChI=1S/C23H25N3O4/c1-4-19(26-22(29)15-11-7-8-12-16(15)23(26)30)20(27)24-18-14-10-9-13-17(18)21(28)25(5-2)6-3/h7-14,19H,4-6H2,1-3H3,(H,24,27)/t19-/m1/s1. The van der Waals surface area contributed by atoms with Gasteiger partial charge in [-0.1, -0.05) is 31.2 Å². The molecule has 0 spiro atoms. The van der Waals surface area contributed by atoms with Crippen LogP contribution >= 0.6 is 0 Å². The summed E-state index contributed by atoms with van der Waals surface area (Å²) in [5.41, 5.74) is 1.32. The normalized spacial score (nSPS) is 13.8. The van der Waals surface area contributed by atoms with E-state index in [0.29, 0.717) is 35.5 Å². The number of carbonyl (C=O) groups is 4. The van der Waals surface area contributed by atoms with Crippen LogP contribution in [0, 0.1) is 0 Å². The van der Waals surface area contributed by atoms with Crippen molar-refractivity contribution in [1.29, 1.82) is 0 Å². The molecule has 0 aliphatic carbocycles. The summed E-state index contributed by atoms with van der Waals surface area (Å²) in [6.07, 6.45) is 0.253. The van der Waals surface area contributed by atoms with Crippen molar-refractivity contribution in [2.24, 2.45) is 0 Å². The van der Waals surface area contributed by atoms with Gasteiger partial charge in [0.1, 0.15) is 6.04 Å². The maximum Gasteiger partial charge on any atom is 0.262 e. The lowest BCUT2D eigenvalue weighted by molar-refractivity contribution is -0.120. The molecule has 1 heterocycles. The summed E-state index contributed by atoms with van der Waals surface area (Å²) in [5, 5.41) is 2.76. The van der Waals surface area contributed by atoms with Gasteiger partial charge in [0.15, 0.2) is 0 Å². The van der Waals surface area contributed by atoms with E-state index in [9.17, 15) is 19.2 Å². The Morgan fingerprint density at radius 1 is 0.900 bits per heavy atom. The van der Waals surface area contributed by atoms with Crippen LogP contribution in [0.25, 0.3) is 0 Å². The van der Waals surface area contributed by atoms with Crippen molar-refractivity contribution in [3.8, 4) is 0 Å². The van der Waals surface area contributed by atoms with Gasteiger partial charge in [-0.05, 0) is 44.5 Å². The number of nitrogens with zero attached hydrogens (tertiary/aromatic N) is 2. The zero-order valence-corrected chi connectivity index (χ0v) is 17.3. The van der Waals surface area contributed by atoms with Crippen molar-refractivity contribution in [3.05, 3.63) is 65.2 Å². The summed E-state index contributed by atoms with van der Waals surface area (Å²) >= 11 is 0. The number of carbonyl (C=O) groups excluding carboxylic acids is 4. The number of benzene rings is 2. The number of hydrogen-bond donors (Lipinski definition) is 1. The van der Waals surface area contributed by atoms with E-state index in [1.54, 1.807) is 60.4 Å². The van der Waals surface area contributed by atoms with Crippen molar-refractivity contribution in [3.63, 3.8) is 0 Å². The van der Waals surface area contributed by atoms with Crippen molar-refractivity contribution in [2.45, 2.75) is 33.2 Å². The van der Waals surface area contributed by atoms with E-state index in [0.717, 1.165) is 4.90 Å². The monoisotopic (exact) mass is 407 g/mol. The molecular weight excluding hydrogens is 382 g/mol. The van der Waals surface area contributed by atoms with Crippen LogP contribution in [0.1, 0.15) is 58.3 Å². The fourth-order valence-corrected chi connectivity index (χ4v) is 3.65. The van der Waals surface area contributed by atoms with Gasteiger partial charge in [0.05, 0.1) is 22.4 Å². The molecule has 0 saturated heterocycles. The number of para-hydroxylation sites is 1. The quantitative estimate of drug-likeness (QED) is 0.714. The highest BCUT2D eigenvalue weighted by Gasteiger charge is 2.42. The molecule has 1 aliphatic rings. The molecule has 0 fully saturated rings. The summed E-state index contributed by atoms with van der Waals surface area (Å²) in [4.78, 5) is 54.1. The van der Waals surface area contributed by atoms with E-state index >= 15 is 0 Å². The number of anilines is 1. The summed E-state index contributed by atoms with van der Waals surface area (Å²) in [6.45, 7) is 6.60. The Labute approximate surface area is 175 Å². The first-order valence-corrected chi connectivity index (χ1v) is 10.1. The van der Waals surface area contributed by atoms with Crippen molar-refractivity contribution in [2.75, 3.05) is 18.4 Å². The Bertz CT molecular complexity index is 962. The lowest BCUT2D eigenvalue weighted by Crippen LogP contribution is -2.47. The minimum Gasteiger partial charge on any atom is -0.339 e. The number of hydrogen-bond acceptors (Lipinski definition) is 4. The zero-order valence-electron chi connectivity index (χ0n) is 17.3. The summed E-state index contributed by atoms with van der Waals surface area (Å²) in [7, 11) is 0. The molecule has 7 heteroatoms. The Morgan fingerprint density at radius 2 is 1.43 bits per heavy atom. The average Bonchev–Trinajstić information content (AvgIpc) is 3.01. The van der Waals surface area contributed by atoms with Crippen LogP contribution in [0.15, 0.2) is 48.5 Å². The minimum absolute atomic E-state index is 0.190. The number of imide groups is 1. The highest BCUT2D eigenvalue weighted by Crippen LogP contribution is 2.26. The molecule has 1 aliphatic heterocycles. The molecule has 0 radical (unpaired) electrons. The van der Waals surface area contributed by atoms with Gasteiger partial charge < -0.3 is 10.2 Å². The first kappa shape index (κ1) is 21.2. The molecule has 7 nitrogen and oxygen atoms in total. The van der Waals surface area contributed by atoms with Crippen LogP contribution < -0.4 is 5.32 Å². The highest BCUT2D eigenvalue weighted by molar-refractivity contribution is 6.23. The highest BCUT2D eigenvalue weighted by atomic mass is 16.2. The predicted molar refractivity (Wildman–Crippen MR) is 113 cm³/mol. The molecule has 0 saturated carbocycles. The summed E-state index contributed by atoms with van der Waals surface area (Å²) < 4.78 is 0. The third kappa shape index (κ3) is 3.70. The van der Waals surface area contributed by atoms with Crippen molar-refractivity contribution < 1.29 is 19.2 Å². The van der Waals surface area contributed by atoms with Crippen LogP contribution in [0.4, 0.5) is 5.69 Å². The number of nitrogens with one attached hydrogen (secondary N) is 1. The smallest absolute Gasteiger partial charge is 0.262 e. The predicted octanol–water partition coefficient (Wildman–Crippen LogP) is 3.18. The van der Waals surface area contributed by atoms with E-state index in [4.69, 9.17) is 0 Å². The van der Waals surface area contributed by atoms with Gasteiger partial charge in [-0.15, -0.1) is 0 Å². The van der Waals surface area contributed by atoms with Gasteiger partial charge in [-0.2, -0.15) is 0 Å². The summed E-state index contributed by atoms with van der Waals surface area (Å²) in [6, 6.07) is 12.3. The molecule has 0 bridgehead atoms. The van der Waals surface area contributed by atoms with Gasteiger partial charge in [0.2, 0.25) is 5.91 Å². The van der Waals surface area contributed by atoms with E-state index in [1.165, 1.54) is 0 Å². The van der Waals surface area contributed by atoms with Crippen LogP contribution in [0.2, 0.25) is 0 Å². The maximum atomic E-state index is 13.1. The van der Waals surface area contributed by atoms with E-state index in [-0.39, 0.29) is 12.3 Å². The first-order chi connectivity index (χ1) is 14.4. The molecule has 156 valence electrons. The van der Waals surface area contributed by atoms with Gasteiger partial charge in [0.25, 0.3) is 17.7 Å². The first-order valence-electron chi connectivity index (χ1n) is 10.1. The lowest BCUT2D eigenvalue weighted by Gasteiger charge is -2.25. The van der Waals surface area contributed by atoms with Gasteiger partial charge in [0, 0.05) is 13.1 Å². The van der Waals surface area contributed by atoms with Crippen LogP contribution in [-0.4, -0.2) is 52.6 Å². The fourth-order valence-electron chi connectivity index (χ4n) is 3.65. The SMILES string of the molecule is CC[C@H](C(=O)Nc1ccccc1C(=O)N(CC)CC)N1C(=O)c2ccccc2C1=O. The molecule has 0 aromatic heterocycles. The number of fused-ring (bicyclic) bond motifs is 1. The molecule has 3 rings (SSSR count). The Balaban J connectivity index is 1.87. The molecule has 1 atom stereocenters. The van der Waals surface area contributed by atoms with Gasteiger partial charge >= 0.3 is 0 Å². The Kier molecular flexibility index (Phi) is 6.30. The molecular formula is C23H25N3O4. The third-order valence-electron chi connectivity index (χ3n) is 5.29. The topological polar surface area (TPSA) is 86.8 Å².